The number of thiazole rings is 1. The van der Waals surface area contributed by atoms with Crippen LogP contribution in [0.5, 0.6) is 5.75 Å². The zero-order valence-electron chi connectivity index (χ0n) is 21.9. The monoisotopic (exact) mass is 592 g/mol. The molecule has 1 aromatic heterocycles. The second kappa shape index (κ2) is 12.5. The van der Waals surface area contributed by atoms with Gasteiger partial charge in [-0.1, -0.05) is 29.0 Å². The van der Waals surface area contributed by atoms with Crippen molar-refractivity contribution in [2.75, 3.05) is 57.4 Å². The second-order valence-corrected chi connectivity index (χ2v) is 12.9. The molecule has 2 fully saturated rings. The lowest BCUT2D eigenvalue weighted by Gasteiger charge is -2.30. The zero-order chi connectivity index (χ0) is 27.4. The summed E-state index contributed by atoms with van der Waals surface area (Å²) in [6, 6.07) is 11.0. The van der Waals surface area contributed by atoms with Crippen molar-refractivity contribution in [3.63, 3.8) is 0 Å². The predicted octanol–water partition coefficient (Wildman–Crippen LogP) is 4.26. The molecule has 39 heavy (non-hydrogen) atoms. The van der Waals surface area contributed by atoms with Crippen molar-refractivity contribution in [3.05, 3.63) is 47.5 Å². The molecule has 0 N–H and O–H groups in total. The molecule has 210 valence electrons. The summed E-state index contributed by atoms with van der Waals surface area (Å²) in [5.41, 5.74) is 0.711. The molecule has 1 unspecified atom stereocenters. The summed E-state index contributed by atoms with van der Waals surface area (Å²) in [6.07, 6.45) is 1.80. The van der Waals surface area contributed by atoms with E-state index in [9.17, 15) is 13.2 Å². The lowest BCUT2D eigenvalue weighted by molar-refractivity contribution is -0.121. The number of carbonyl (C=O) groups excluding carboxylic acids is 1. The maximum absolute atomic E-state index is 14.2. The lowest BCUT2D eigenvalue weighted by atomic mass is 10.2. The highest BCUT2D eigenvalue weighted by Crippen LogP contribution is 2.36. The van der Waals surface area contributed by atoms with Crippen LogP contribution < -0.4 is 9.64 Å². The topological polar surface area (TPSA) is 92.3 Å². The summed E-state index contributed by atoms with van der Waals surface area (Å²) < 4.78 is 40.6. The molecule has 12 heteroatoms. The summed E-state index contributed by atoms with van der Waals surface area (Å²) in [5.74, 6) is 0.426. The Morgan fingerprint density at radius 1 is 1.18 bits per heavy atom. The van der Waals surface area contributed by atoms with Gasteiger partial charge in [0.05, 0.1) is 29.4 Å². The number of hydrogen-bond acceptors (Lipinski definition) is 8. The molecule has 2 aliphatic heterocycles. The zero-order valence-corrected chi connectivity index (χ0v) is 24.3. The van der Waals surface area contributed by atoms with Crippen molar-refractivity contribution in [1.29, 1.82) is 0 Å². The molecule has 9 nitrogen and oxygen atoms in total. The van der Waals surface area contributed by atoms with E-state index in [1.165, 1.54) is 27.8 Å². The molecule has 0 saturated carbocycles. The predicted molar refractivity (Wildman–Crippen MR) is 153 cm³/mol. The number of aromatic nitrogens is 1. The van der Waals surface area contributed by atoms with Gasteiger partial charge in [0.15, 0.2) is 5.13 Å². The molecule has 3 heterocycles. The smallest absolute Gasteiger partial charge is 0.247 e. The van der Waals surface area contributed by atoms with Gasteiger partial charge in [-0.15, -0.1) is 0 Å². The Kier molecular flexibility index (Phi) is 9.05. The van der Waals surface area contributed by atoms with E-state index in [1.54, 1.807) is 17.0 Å². The van der Waals surface area contributed by atoms with Crippen LogP contribution in [0.3, 0.4) is 0 Å². The van der Waals surface area contributed by atoms with Gasteiger partial charge in [-0.05, 0) is 62.6 Å². The fraction of sp³-hybridized carbons (Fsp3) is 0.481. The molecule has 0 radical (unpaired) electrons. The number of fused-ring (bicyclic) bond motifs is 1. The first-order chi connectivity index (χ1) is 18.9. The highest BCUT2D eigenvalue weighted by Gasteiger charge is 2.42. The fourth-order valence-electron chi connectivity index (χ4n) is 5.07. The molecule has 5 rings (SSSR count). The highest BCUT2D eigenvalue weighted by atomic mass is 35.5. The molecular formula is C27H33ClN4O5S2. The highest BCUT2D eigenvalue weighted by molar-refractivity contribution is 7.89. The molecule has 1 atom stereocenters. The summed E-state index contributed by atoms with van der Waals surface area (Å²) in [7, 11) is -3.87. The van der Waals surface area contributed by atoms with Gasteiger partial charge in [-0.3, -0.25) is 14.6 Å². The van der Waals surface area contributed by atoms with Crippen LogP contribution in [0, 0.1) is 0 Å². The number of carbonyl (C=O) groups is 1. The number of benzene rings is 2. The lowest BCUT2D eigenvalue weighted by Crippen LogP contribution is -2.48. The van der Waals surface area contributed by atoms with Gasteiger partial charge < -0.3 is 9.47 Å². The van der Waals surface area contributed by atoms with Crippen LogP contribution >= 0.6 is 22.9 Å². The standard InChI is InChI=1S/C27H33ClN4O5S2/c1-2-37-23-7-3-8-24-25(23)29-27(38-24)31(14-5-13-30-16-18-36-19-17-30)26(33)22-6-4-15-32(22)39(34,35)21-11-9-20(28)10-12-21/h3,7-12,22H,2,4-6,13-19H2,1H3. The quantitative estimate of drug-likeness (QED) is 0.347. The number of para-hydroxylation sites is 1. The summed E-state index contributed by atoms with van der Waals surface area (Å²) in [4.78, 5) is 23.1. The van der Waals surface area contributed by atoms with Gasteiger partial charge in [0.2, 0.25) is 15.9 Å². The first-order valence-corrected chi connectivity index (χ1v) is 15.9. The van der Waals surface area contributed by atoms with Gasteiger partial charge >= 0.3 is 0 Å². The van der Waals surface area contributed by atoms with Crippen LogP contribution in [0.4, 0.5) is 5.13 Å². The van der Waals surface area contributed by atoms with Crippen LogP contribution in [0.25, 0.3) is 10.2 Å². The minimum Gasteiger partial charge on any atom is -0.492 e. The maximum atomic E-state index is 14.2. The van der Waals surface area contributed by atoms with Crippen molar-refractivity contribution < 1.29 is 22.7 Å². The molecule has 3 aromatic rings. The summed E-state index contributed by atoms with van der Waals surface area (Å²) in [5, 5.41) is 1.01. The van der Waals surface area contributed by atoms with E-state index in [0.717, 1.165) is 30.8 Å². The fourth-order valence-corrected chi connectivity index (χ4v) is 7.86. The molecule has 0 spiro atoms. The molecule has 0 aliphatic carbocycles. The number of sulfonamides is 1. The van der Waals surface area contributed by atoms with Crippen LogP contribution in [0.2, 0.25) is 5.02 Å². The molecule has 1 amide bonds. The van der Waals surface area contributed by atoms with Crippen molar-refractivity contribution in [2.24, 2.45) is 0 Å². The first kappa shape index (κ1) is 28.3. The van der Waals surface area contributed by atoms with E-state index < -0.39 is 16.1 Å². The van der Waals surface area contributed by atoms with E-state index >= 15 is 0 Å². The summed E-state index contributed by atoms with van der Waals surface area (Å²) in [6.45, 7) is 7.12. The van der Waals surface area contributed by atoms with Crippen LogP contribution in [0.1, 0.15) is 26.2 Å². The number of amides is 1. The van der Waals surface area contributed by atoms with Crippen molar-refractivity contribution >= 4 is 54.2 Å². The minimum absolute atomic E-state index is 0.131. The van der Waals surface area contributed by atoms with Gasteiger partial charge in [0.25, 0.3) is 0 Å². The Hall–Kier alpha value is -2.28. The van der Waals surface area contributed by atoms with Crippen molar-refractivity contribution in [3.8, 4) is 5.75 Å². The Morgan fingerprint density at radius 2 is 1.95 bits per heavy atom. The van der Waals surface area contributed by atoms with E-state index in [4.69, 9.17) is 26.1 Å². The van der Waals surface area contributed by atoms with Gasteiger partial charge in [0, 0.05) is 37.7 Å². The number of nitrogens with zero attached hydrogens (tertiary/aromatic N) is 4. The Labute approximate surface area is 238 Å². The summed E-state index contributed by atoms with van der Waals surface area (Å²) >= 11 is 7.41. The largest absolute Gasteiger partial charge is 0.492 e. The normalized spacial score (nSPS) is 19.0. The number of ether oxygens (including phenoxy) is 2. The first-order valence-electron chi connectivity index (χ1n) is 13.3. The molecule has 2 saturated heterocycles. The third-order valence-electron chi connectivity index (χ3n) is 7.04. The molecule has 0 bridgehead atoms. The third kappa shape index (κ3) is 6.23. The maximum Gasteiger partial charge on any atom is 0.247 e. The van der Waals surface area contributed by atoms with Crippen LogP contribution in [0.15, 0.2) is 47.4 Å². The Balaban J connectivity index is 1.43. The van der Waals surface area contributed by atoms with E-state index in [2.05, 4.69) is 4.90 Å². The number of morpholine rings is 1. The van der Waals surface area contributed by atoms with Gasteiger partial charge in [-0.25, -0.2) is 13.4 Å². The van der Waals surface area contributed by atoms with E-state index in [1.807, 2.05) is 25.1 Å². The average Bonchev–Trinajstić information content (AvgIpc) is 3.61. The minimum atomic E-state index is -3.87. The van der Waals surface area contributed by atoms with Crippen LogP contribution in [-0.4, -0.2) is 87.1 Å². The SMILES string of the molecule is CCOc1cccc2sc(N(CCCN3CCOCC3)C(=O)C3CCCN3S(=O)(=O)c3ccc(Cl)cc3)nc12. The molecular weight excluding hydrogens is 560 g/mol. The number of halogens is 1. The Bertz CT molecular complexity index is 1390. The third-order valence-corrected chi connectivity index (χ3v) is 10.3. The molecule has 2 aromatic carbocycles. The molecule has 2 aliphatic rings. The van der Waals surface area contributed by atoms with Crippen molar-refractivity contribution in [1.82, 2.24) is 14.2 Å². The number of anilines is 1. The van der Waals surface area contributed by atoms with Crippen molar-refractivity contribution in [2.45, 2.75) is 37.1 Å². The van der Waals surface area contributed by atoms with Crippen LogP contribution in [-0.2, 0) is 19.6 Å². The van der Waals surface area contributed by atoms with Gasteiger partial charge in [0.1, 0.15) is 17.3 Å². The van der Waals surface area contributed by atoms with E-state index in [0.29, 0.717) is 60.6 Å². The number of hydrogen-bond donors (Lipinski definition) is 0. The number of rotatable bonds is 10. The van der Waals surface area contributed by atoms with Gasteiger partial charge in [-0.2, -0.15) is 4.31 Å². The Morgan fingerprint density at radius 3 is 2.69 bits per heavy atom. The second-order valence-electron chi connectivity index (χ2n) is 9.56. The average molecular weight is 593 g/mol. The van der Waals surface area contributed by atoms with E-state index in [-0.39, 0.29) is 17.3 Å².